The number of methoxy groups -OCH3 is 1. The van der Waals surface area contributed by atoms with Crippen LogP contribution >= 0.6 is 11.8 Å². The average molecular weight is 452 g/mol. The first kappa shape index (κ1) is 23.6. The second-order valence-corrected chi connectivity index (χ2v) is 8.62. The number of unbranched alkanes of at least 4 members (excludes halogenated alkanes) is 1. The molecule has 3 rings (SSSR count). The minimum Gasteiger partial charge on any atom is -0.497 e. The van der Waals surface area contributed by atoms with Gasteiger partial charge >= 0.3 is 0 Å². The molecule has 0 atom stereocenters. The number of nitrogens with zero attached hydrogens (tertiary/aromatic N) is 2. The van der Waals surface area contributed by atoms with E-state index in [1.165, 1.54) is 11.8 Å². The van der Waals surface area contributed by atoms with Crippen molar-refractivity contribution in [1.82, 2.24) is 5.32 Å². The molecular formula is C25H29N3O3S. The number of aliphatic imine (C=N–C) groups is 1. The molecule has 0 unspecified atom stereocenters. The first-order valence-corrected chi connectivity index (χ1v) is 11.7. The van der Waals surface area contributed by atoms with Crippen LogP contribution < -0.4 is 15.0 Å². The summed E-state index contributed by atoms with van der Waals surface area (Å²) in [6, 6.07) is 13.4. The average Bonchev–Trinajstić information content (AvgIpc) is 3.07. The number of amides is 2. The number of hydrogen-bond acceptors (Lipinski definition) is 5. The van der Waals surface area contributed by atoms with Gasteiger partial charge in [0.2, 0.25) is 5.91 Å². The summed E-state index contributed by atoms with van der Waals surface area (Å²) >= 11 is 1.27. The van der Waals surface area contributed by atoms with E-state index in [-0.39, 0.29) is 17.6 Å². The summed E-state index contributed by atoms with van der Waals surface area (Å²) < 4.78 is 5.20. The molecule has 0 spiro atoms. The van der Waals surface area contributed by atoms with Gasteiger partial charge in [-0.05, 0) is 67.3 Å². The van der Waals surface area contributed by atoms with Gasteiger partial charge in [0.15, 0.2) is 5.17 Å². The number of benzene rings is 2. The SMILES string of the molecule is CCCCNC(=O)CSC1=N/C(=C\c2ccc(OC)cc2)C(=O)N1c1cc(C)cc(C)c1. The van der Waals surface area contributed by atoms with Gasteiger partial charge in [0.05, 0.1) is 18.6 Å². The van der Waals surface area contributed by atoms with Crippen molar-refractivity contribution in [2.75, 3.05) is 24.3 Å². The normalized spacial score (nSPS) is 14.6. The lowest BCUT2D eigenvalue weighted by Gasteiger charge is -2.19. The van der Waals surface area contributed by atoms with Gasteiger partial charge in [-0.1, -0.05) is 43.3 Å². The molecule has 168 valence electrons. The molecule has 1 N–H and O–H groups in total. The first-order valence-electron chi connectivity index (χ1n) is 10.7. The Balaban J connectivity index is 1.87. The number of anilines is 1. The zero-order chi connectivity index (χ0) is 23.1. The second kappa shape index (κ2) is 11.0. The Bertz CT molecular complexity index is 1020. The van der Waals surface area contributed by atoms with Crippen LogP contribution in [0.15, 0.2) is 53.2 Å². The molecule has 0 radical (unpaired) electrons. The van der Waals surface area contributed by atoms with Crippen LogP contribution in [0, 0.1) is 13.8 Å². The van der Waals surface area contributed by atoms with Crippen LogP contribution in [0.3, 0.4) is 0 Å². The van der Waals surface area contributed by atoms with Gasteiger partial charge in [-0.2, -0.15) is 0 Å². The summed E-state index contributed by atoms with van der Waals surface area (Å²) in [5, 5.41) is 3.41. The van der Waals surface area contributed by atoms with Crippen molar-refractivity contribution in [2.45, 2.75) is 33.6 Å². The largest absolute Gasteiger partial charge is 0.497 e. The minimum atomic E-state index is -0.209. The molecule has 0 bridgehead atoms. The lowest BCUT2D eigenvalue weighted by atomic mass is 10.1. The van der Waals surface area contributed by atoms with Gasteiger partial charge in [-0.25, -0.2) is 4.99 Å². The predicted molar refractivity (Wildman–Crippen MR) is 132 cm³/mol. The monoisotopic (exact) mass is 451 g/mol. The van der Waals surface area contributed by atoms with Crippen molar-refractivity contribution >= 4 is 40.5 Å². The summed E-state index contributed by atoms with van der Waals surface area (Å²) in [6.45, 7) is 6.73. The molecule has 32 heavy (non-hydrogen) atoms. The molecular weight excluding hydrogens is 422 g/mol. The summed E-state index contributed by atoms with van der Waals surface area (Å²) in [6.07, 6.45) is 3.72. The van der Waals surface area contributed by atoms with Gasteiger partial charge in [-0.15, -0.1) is 0 Å². The molecule has 7 heteroatoms. The summed E-state index contributed by atoms with van der Waals surface area (Å²) in [5.74, 6) is 0.675. The number of carbonyl (C=O) groups is 2. The molecule has 0 aliphatic carbocycles. The summed E-state index contributed by atoms with van der Waals surface area (Å²) in [4.78, 5) is 31.7. The lowest BCUT2D eigenvalue weighted by molar-refractivity contribution is -0.118. The number of ether oxygens (including phenoxy) is 1. The maximum absolute atomic E-state index is 13.3. The topological polar surface area (TPSA) is 71.0 Å². The van der Waals surface area contributed by atoms with Crippen molar-refractivity contribution in [3.63, 3.8) is 0 Å². The number of hydrogen-bond donors (Lipinski definition) is 1. The lowest BCUT2D eigenvalue weighted by Crippen LogP contribution is -2.32. The fourth-order valence-corrected chi connectivity index (χ4v) is 4.19. The van der Waals surface area contributed by atoms with E-state index in [4.69, 9.17) is 4.74 Å². The van der Waals surface area contributed by atoms with Gasteiger partial charge in [0.1, 0.15) is 11.4 Å². The highest BCUT2D eigenvalue weighted by molar-refractivity contribution is 8.14. The molecule has 2 aromatic rings. The highest BCUT2D eigenvalue weighted by Gasteiger charge is 2.32. The molecule has 1 aliphatic heterocycles. The van der Waals surface area contributed by atoms with Crippen LogP contribution in [0.25, 0.3) is 6.08 Å². The number of nitrogens with one attached hydrogen (secondary N) is 1. The molecule has 0 saturated heterocycles. The van der Waals surface area contributed by atoms with E-state index >= 15 is 0 Å². The van der Waals surface area contributed by atoms with Crippen molar-refractivity contribution in [3.05, 3.63) is 64.9 Å². The maximum Gasteiger partial charge on any atom is 0.283 e. The Morgan fingerprint density at radius 2 is 1.84 bits per heavy atom. The van der Waals surface area contributed by atoms with E-state index in [2.05, 4.69) is 23.3 Å². The molecule has 0 saturated carbocycles. The van der Waals surface area contributed by atoms with Gasteiger partial charge in [0, 0.05) is 6.54 Å². The molecule has 1 heterocycles. The van der Waals surface area contributed by atoms with Crippen molar-refractivity contribution in [2.24, 2.45) is 4.99 Å². The van der Waals surface area contributed by atoms with Crippen molar-refractivity contribution in [1.29, 1.82) is 0 Å². The van der Waals surface area contributed by atoms with Crippen molar-refractivity contribution < 1.29 is 14.3 Å². The molecule has 2 amide bonds. The summed E-state index contributed by atoms with van der Waals surface area (Å²) in [5.41, 5.74) is 4.05. The van der Waals surface area contributed by atoms with Crippen LogP contribution in [-0.4, -0.2) is 36.4 Å². The van der Waals surface area contributed by atoms with Crippen LogP contribution in [-0.2, 0) is 9.59 Å². The Hall–Kier alpha value is -3.06. The quantitative estimate of drug-likeness (QED) is 0.466. The standard InChI is InChI=1S/C25H29N3O3S/c1-5-6-11-26-23(29)16-32-25-27-22(15-19-7-9-21(31-4)10-8-19)24(30)28(25)20-13-17(2)12-18(3)14-20/h7-10,12-15H,5-6,11,16H2,1-4H3,(H,26,29)/b22-15-. The number of aryl methyl sites for hydroxylation is 2. The Morgan fingerprint density at radius 3 is 2.47 bits per heavy atom. The predicted octanol–water partition coefficient (Wildman–Crippen LogP) is 4.71. The summed E-state index contributed by atoms with van der Waals surface area (Å²) in [7, 11) is 1.61. The van der Waals surface area contributed by atoms with Crippen LogP contribution in [0.4, 0.5) is 5.69 Å². The van der Waals surface area contributed by atoms with Gasteiger partial charge < -0.3 is 10.1 Å². The zero-order valence-corrected chi connectivity index (χ0v) is 19.8. The smallest absolute Gasteiger partial charge is 0.283 e. The van der Waals surface area contributed by atoms with Crippen LogP contribution in [0.5, 0.6) is 5.75 Å². The second-order valence-electron chi connectivity index (χ2n) is 7.68. The number of carbonyl (C=O) groups excluding carboxylic acids is 2. The molecule has 6 nitrogen and oxygen atoms in total. The molecule has 0 fully saturated rings. The van der Waals surface area contributed by atoms with E-state index in [0.29, 0.717) is 17.4 Å². The number of amidine groups is 1. The van der Waals surface area contributed by atoms with Crippen LogP contribution in [0.2, 0.25) is 0 Å². The highest BCUT2D eigenvalue weighted by Crippen LogP contribution is 2.31. The van der Waals surface area contributed by atoms with E-state index in [1.54, 1.807) is 18.1 Å². The Kier molecular flexibility index (Phi) is 8.11. The Labute approximate surface area is 193 Å². The minimum absolute atomic E-state index is 0.0634. The van der Waals surface area contributed by atoms with Gasteiger partial charge in [0.25, 0.3) is 5.91 Å². The zero-order valence-electron chi connectivity index (χ0n) is 19.0. The van der Waals surface area contributed by atoms with Crippen LogP contribution in [0.1, 0.15) is 36.5 Å². The van der Waals surface area contributed by atoms with Crippen molar-refractivity contribution in [3.8, 4) is 5.75 Å². The third-order valence-corrected chi connectivity index (χ3v) is 5.84. The maximum atomic E-state index is 13.3. The third-order valence-electron chi connectivity index (χ3n) is 4.90. The molecule has 2 aromatic carbocycles. The van der Waals surface area contributed by atoms with E-state index in [1.807, 2.05) is 50.2 Å². The first-order chi connectivity index (χ1) is 15.4. The number of rotatable bonds is 8. The third kappa shape index (κ3) is 6.01. The highest BCUT2D eigenvalue weighted by atomic mass is 32.2. The van der Waals surface area contributed by atoms with E-state index in [9.17, 15) is 9.59 Å². The molecule has 0 aromatic heterocycles. The van der Waals surface area contributed by atoms with E-state index in [0.717, 1.165) is 41.0 Å². The fraction of sp³-hybridized carbons (Fsp3) is 0.320. The van der Waals surface area contributed by atoms with Gasteiger partial charge in [-0.3, -0.25) is 14.5 Å². The Morgan fingerprint density at radius 1 is 1.16 bits per heavy atom. The molecule has 1 aliphatic rings. The fourth-order valence-electron chi connectivity index (χ4n) is 3.34. The number of thioether (sulfide) groups is 1. The van der Waals surface area contributed by atoms with E-state index < -0.39 is 0 Å².